The molecule has 1 N–H and O–H groups in total. The first-order valence-electron chi connectivity index (χ1n) is 7.26. The van der Waals surface area contributed by atoms with Crippen LogP contribution in [0.25, 0.3) is 0 Å². The van der Waals surface area contributed by atoms with Gasteiger partial charge >= 0.3 is 0 Å². The highest BCUT2D eigenvalue weighted by molar-refractivity contribution is 5.34. The van der Waals surface area contributed by atoms with Crippen molar-refractivity contribution < 1.29 is 5.11 Å². The van der Waals surface area contributed by atoms with Crippen LogP contribution in [0.15, 0.2) is 24.3 Å². The quantitative estimate of drug-likeness (QED) is 0.781. The van der Waals surface area contributed by atoms with E-state index in [0.29, 0.717) is 11.8 Å². The van der Waals surface area contributed by atoms with Gasteiger partial charge in [0.1, 0.15) is 5.75 Å². The molecule has 0 fully saturated rings. The van der Waals surface area contributed by atoms with Crippen molar-refractivity contribution in [3.63, 3.8) is 0 Å². The summed E-state index contributed by atoms with van der Waals surface area (Å²) in [6.45, 7) is 7.57. The van der Waals surface area contributed by atoms with Crippen LogP contribution in [0.4, 0.5) is 0 Å². The Morgan fingerprint density at radius 2 is 1.79 bits per heavy atom. The largest absolute Gasteiger partial charge is 0.508 e. The summed E-state index contributed by atoms with van der Waals surface area (Å²) in [6, 6.07) is 8.02. The number of phenolic OH excluding ortho intramolecular Hbond substituents is 1. The molecule has 0 saturated carbocycles. The van der Waals surface area contributed by atoms with E-state index in [1.807, 2.05) is 18.2 Å². The predicted octanol–water partition coefficient (Wildman–Crippen LogP) is 3.12. The van der Waals surface area contributed by atoms with E-state index in [0.717, 1.165) is 38.0 Å². The lowest BCUT2D eigenvalue weighted by Gasteiger charge is -2.31. The molecule has 19 heavy (non-hydrogen) atoms. The minimum Gasteiger partial charge on any atom is -0.508 e. The van der Waals surface area contributed by atoms with Gasteiger partial charge in [0.25, 0.3) is 0 Å². The predicted molar refractivity (Wildman–Crippen MR) is 81.6 cm³/mol. The fourth-order valence-corrected chi connectivity index (χ4v) is 2.57. The molecule has 0 spiro atoms. The van der Waals surface area contributed by atoms with Gasteiger partial charge in [0, 0.05) is 11.6 Å². The molecule has 108 valence electrons. The molecule has 1 atom stereocenters. The summed E-state index contributed by atoms with van der Waals surface area (Å²) in [4.78, 5) is 4.67. The lowest BCUT2D eigenvalue weighted by Crippen LogP contribution is -2.31. The van der Waals surface area contributed by atoms with E-state index in [9.17, 15) is 5.11 Å². The number of para-hydroxylation sites is 1. The number of rotatable bonds is 8. The zero-order valence-corrected chi connectivity index (χ0v) is 12.8. The molecule has 0 amide bonds. The minimum atomic E-state index is 0.313. The van der Waals surface area contributed by atoms with Crippen LogP contribution in [0.5, 0.6) is 5.75 Å². The van der Waals surface area contributed by atoms with Crippen LogP contribution in [-0.2, 0) is 0 Å². The summed E-state index contributed by atoms with van der Waals surface area (Å²) < 4.78 is 0. The van der Waals surface area contributed by atoms with Crippen LogP contribution in [0.1, 0.15) is 38.3 Å². The van der Waals surface area contributed by atoms with Crippen molar-refractivity contribution in [2.24, 2.45) is 0 Å². The molecule has 1 aromatic rings. The molecule has 0 aliphatic heterocycles. The van der Waals surface area contributed by atoms with Crippen LogP contribution >= 0.6 is 0 Å². The Morgan fingerprint density at radius 1 is 1.11 bits per heavy atom. The average Bonchev–Trinajstić information content (AvgIpc) is 2.39. The standard InChI is InChI=1S/C16H28N2O/c1-5-15(14-10-7-8-11-16(14)19)18(6-2)13-9-12-17(3)4/h7-8,10-11,15,19H,5-6,9,12-13H2,1-4H3. The zero-order chi connectivity index (χ0) is 14.3. The molecule has 0 bridgehead atoms. The Kier molecular flexibility index (Phi) is 6.89. The molecule has 0 aliphatic rings. The number of hydrogen-bond acceptors (Lipinski definition) is 3. The highest BCUT2D eigenvalue weighted by Gasteiger charge is 2.19. The van der Waals surface area contributed by atoms with Crippen molar-refractivity contribution in [3.8, 4) is 5.75 Å². The summed E-state index contributed by atoms with van der Waals surface area (Å²) in [5, 5.41) is 10.0. The molecule has 1 aromatic carbocycles. The topological polar surface area (TPSA) is 26.7 Å². The van der Waals surface area contributed by atoms with Gasteiger partial charge in [-0.3, -0.25) is 4.90 Å². The Labute approximate surface area is 117 Å². The smallest absolute Gasteiger partial charge is 0.120 e. The Morgan fingerprint density at radius 3 is 2.32 bits per heavy atom. The van der Waals surface area contributed by atoms with Crippen molar-refractivity contribution >= 4 is 0 Å². The normalized spacial score (nSPS) is 13.2. The lowest BCUT2D eigenvalue weighted by atomic mass is 10.0. The van der Waals surface area contributed by atoms with Crippen LogP contribution in [0.3, 0.4) is 0 Å². The molecular weight excluding hydrogens is 236 g/mol. The monoisotopic (exact) mass is 264 g/mol. The SMILES string of the molecule is CCC(c1ccccc1O)N(CC)CCCN(C)C. The average molecular weight is 264 g/mol. The maximum absolute atomic E-state index is 10.0. The van der Waals surface area contributed by atoms with Gasteiger partial charge in [0.05, 0.1) is 0 Å². The molecule has 1 unspecified atom stereocenters. The van der Waals surface area contributed by atoms with Crippen molar-refractivity contribution in [1.29, 1.82) is 0 Å². The van der Waals surface area contributed by atoms with Gasteiger partial charge in [0.2, 0.25) is 0 Å². The van der Waals surface area contributed by atoms with Gasteiger partial charge in [0.15, 0.2) is 0 Å². The molecule has 0 aliphatic carbocycles. The van der Waals surface area contributed by atoms with E-state index in [1.54, 1.807) is 6.07 Å². The molecule has 1 rings (SSSR count). The third kappa shape index (κ3) is 4.84. The highest BCUT2D eigenvalue weighted by atomic mass is 16.3. The maximum Gasteiger partial charge on any atom is 0.120 e. The van der Waals surface area contributed by atoms with Crippen molar-refractivity contribution in [1.82, 2.24) is 9.80 Å². The molecule has 3 heteroatoms. The number of nitrogens with zero attached hydrogens (tertiary/aromatic N) is 2. The van der Waals surface area contributed by atoms with Gasteiger partial charge < -0.3 is 10.0 Å². The fraction of sp³-hybridized carbons (Fsp3) is 0.625. The Bertz CT molecular complexity index is 366. The lowest BCUT2D eigenvalue weighted by molar-refractivity contribution is 0.189. The molecular formula is C16H28N2O. The van der Waals surface area contributed by atoms with Crippen molar-refractivity contribution in [2.75, 3.05) is 33.7 Å². The third-order valence-electron chi connectivity index (χ3n) is 3.58. The van der Waals surface area contributed by atoms with E-state index < -0.39 is 0 Å². The van der Waals surface area contributed by atoms with Crippen LogP contribution < -0.4 is 0 Å². The van der Waals surface area contributed by atoms with Gasteiger partial charge in [-0.05, 0) is 52.6 Å². The van der Waals surface area contributed by atoms with Gasteiger partial charge in [-0.25, -0.2) is 0 Å². The van der Waals surface area contributed by atoms with Gasteiger partial charge in [-0.2, -0.15) is 0 Å². The van der Waals surface area contributed by atoms with Crippen molar-refractivity contribution in [2.45, 2.75) is 32.7 Å². The number of benzene rings is 1. The molecule has 0 radical (unpaired) electrons. The zero-order valence-electron chi connectivity index (χ0n) is 12.8. The van der Waals surface area contributed by atoms with E-state index in [2.05, 4.69) is 37.7 Å². The first-order chi connectivity index (χ1) is 9.10. The van der Waals surface area contributed by atoms with Crippen LogP contribution in [0.2, 0.25) is 0 Å². The molecule has 0 heterocycles. The Balaban J connectivity index is 2.73. The van der Waals surface area contributed by atoms with Gasteiger partial charge in [-0.15, -0.1) is 0 Å². The number of aromatic hydroxyl groups is 1. The first-order valence-corrected chi connectivity index (χ1v) is 7.26. The summed E-state index contributed by atoms with van der Waals surface area (Å²) in [5.74, 6) is 0.417. The van der Waals surface area contributed by atoms with E-state index in [-0.39, 0.29) is 0 Å². The number of hydrogen-bond donors (Lipinski definition) is 1. The number of phenols is 1. The van der Waals surface area contributed by atoms with Gasteiger partial charge in [-0.1, -0.05) is 32.0 Å². The summed E-state index contributed by atoms with van der Waals surface area (Å²) in [6.07, 6.45) is 2.18. The summed E-state index contributed by atoms with van der Waals surface area (Å²) in [7, 11) is 4.22. The summed E-state index contributed by atoms with van der Waals surface area (Å²) >= 11 is 0. The van der Waals surface area contributed by atoms with Crippen LogP contribution in [0, 0.1) is 0 Å². The first kappa shape index (κ1) is 16.0. The molecule has 3 nitrogen and oxygen atoms in total. The van der Waals surface area contributed by atoms with E-state index in [4.69, 9.17) is 0 Å². The Hall–Kier alpha value is -1.06. The fourth-order valence-electron chi connectivity index (χ4n) is 2.57. The van der Waals surface area contributed by atoms with E-state index in [1.165, 1.54) is 0 Å². The second-order valence-corrected chi connectivity index (χ2v) is 5.27. The van der Waals surface area contributed by atoms with Crippen LogP contribution in [-0.4, -0.2) is 48.6 Å². The third-order valence-corrected chi connectivity index (χ3v) is 3.58. The molecule has 0 saturated heterocycles. The second kappa shape index (κ2) is 8.18. The molecule has 0 aromatic heterocycles. The summed E-state index contributed by atoms with van der Waals surface area (Å²) in [5.41, 5.74) is 1.05. The van der Waals surface area contributed by atoms with E-state index >= 15 is 0 Å². The minimum absolute atomic E-state index is 0.313. The highest BCUT2D eigenvalue weighted by Crippen LogP contribution is 2.30. The van der Waals surface area contributed by atoms with Crippen molar-refractivity contribution in [3.05, 3.63) is 29.8 Å². The maximum atomic E-state index is 10.0. The second-order valence-electron chi connectivity index (χ2n) is 5.27.